The van der Waals surface area contributed by atoms with Gasteiger partial charge >= 0.3 is 0 Å². The summed E-state index contributed by atoms with van der Waals surface area (Å²) in [7, 11) is -4.53. The van der Waals surface area contributed by atoms with Crippen LogP contribution in [0.15, 0.2) is 17.0 Å². The van der Waals surface area contributed by atoms with Crippen LogP contribution in [0.4, 0.5) is 5.69 Å². The Morgan fingerprint density at radius 3 is 2.43 bits per heavy atom. The van der Waals surface area contributed by atoms with Crippen LogP contribution in [-0.4, -0.2) is 13.0 Å². The van der Waals surface area contributed by atoms with Crippen molar-refractivity contribution >= 4 is 27.4 Å². The molecule has 0 aliphatic heterocycles. The molecule has 0 unspecified atom stereocenters. The monoisotopic (exact) mass is 232 g/mol. The summed E-state index contributed by atoms with van der Waals surface area (Å²) >= 11 is 5.55. The summed E-state index contributed by atoms with van der Waals surface area (Å²) in [6.45, 7) is 0. The maximum atomic E-state index is 10.9. The summed E-state index contributed by atoms with van der Waals surface area (Å²) in [4.78, 5) is -0.646. The lowest BCUT2D eigenvalue weighted by atomic mass is 10.2. The standard InChI is InChI=1S/C7H5ClN2O3S/c8-5-1-2-6(10)7(4(5)3-9)14(11,12)13/h1-2H,10H2,(H,11,12,13). The third-order valence-electron chi connectivity index (χ3n) is 1.51. The van der Waals surface area contributed by atoms with Crippen molar-refractivity contribution in [2.45, 2.75) is 4.90 Å². The van der Waals surface area contributed by atoms with Crippen molar-refractivity contribution in [3.63, 3.8) is 0 Å². The van der Waals surface area contributed by atoms with Crippen molar-refractivity contribution in [3.05, 3.63) is 22.7 Å². The van der Waals surface area contributed by atoms with Gasteiger partial charge in [-0.1, -0.05) is 11.6 Å². The fourth-order valence-corrected chi connectivity index (χ4v) is 1.99. The fraction of sp³-hybridized carbons (Fsp3) is 0. The molecule has 0 saturated carbocycles. The number of halogens is 1. The highest BCUT2D eigenvalue weighted by Crippen LogP contribution is 2.28. The Morgan fingerprint density at radius 2 is 2.07 bits per heavy atom. The third-order valence-corrected chi connectivity index (χ3v) is 2.78. The summed E-state index contributed by atoms with van der Waals surface area (Å²) < 4.78 is 30.5. The molecular weight excluding hydrogens is 228 g/mol. The Balaban J connectivity index is 3.74. The van der Waals surface area contributed by atoms with E-state index in [0.29, 0.717) is 0 Å². The minimum atomic E-state index is -4.53. The van der Waals surface area contributed by atoms with E-state index in [2.05, 4.69) is 0 Å². The van der Waals surface area contributed by atoms with E-state index in [1.807, 2.05) is 0 Å². The maximum Gasteiger partial charge on any atom is 0.297 e. The van der Waals surface area contributed by atoms with Crippen LogP contribution in [0.25, 0.3) is 0 Å². The van der Waals surface area contributed by atoms with Gasteiger partial charge in [-0.15, -0.1) is 0 Å². The highest BCUT2D eigenvalue weighted by Gasteiger charge is 2.21. The lowest BCUT2D eigenvalue weighted by Crippen LogP contribution is -2.06. The molecule has 0 heterocycles. The normalized spacial score (nSPS) is 10.9. The second-order valence-corrected chi connectivity index (χ2v) is 4.19. The molecule has 1 aromatic carbocycles. The van der Waals surface area contributed by atoms with Gasteiger partial charge in [0.15, 0.2) is 0 Å². The maximum absolute atomic E-state index is 10.9. The third kappa shape index (κ3) is 1.80. The predicted molar refractivity (Wildman–Crippen MR) is 50.4 cm³/mol. The number of nitrogens with two attached hydrogens (primary N) is 1. The van der Waals surface area contributed by atoms with Crippen LogP contribution < -0.4 is 5.73 Å². The molecule has 0 radical (unpaired) electrons. The van der Waals surface area contributed by atoms with Gasteiger partial charge in [0, 0.05) is 0 Å². The first-order valence-corrected chi connectivity index (χ1v) is 5.15. The molecule has 14 heavy (non-hydrogen) atoms. The zero-order valence-corrected chi connectivity index (χ0v) is 8.30. The van der Waals surface area contributed by atoms with Crippen molar-refractivity contribution in [1.82, 2.24) is 0 Å². The van der Waals surface area contributed by atoms with Crippen molar-refractivity contribution in [3.8, 4) is 6.07 Å². The highest BCUT2D eigenvalue weighted by molar-refractivity contribution is 7.86. The van der Waals surface area contributed by atoms with E-state index < -0.39 is 15.0 Å². The van der Waals surface area contributed by atoms with E-state index >= 15 is 0 Å². The van der Waals surface area contributed by atoms with Crippen LogP contribution >= 0.6 is 11.6 Å². The number of nitriles is 1. The average molecular weight is 233 g/mol. The lowest BCUT2D eigenvalue weighted by Gasteiger charge is -2.05. The van der Waals surface area contributed by atoms with E-state index in [9.17, 15) is 8.42 Å². The summed E-state index contributed by atoms with van der Waals surface area (Å²) in [5, 5.41) is 8.55. The number of hydrogen-bond donors (Lipinski definition) is 2. The van der Waals surface area contributed by atoms with Crippen LogP contribution in [0, 0.1) is 11.3 Å². The van der Waals surface area contributed by atoms with E-state index in [-0.39, 0.29) is 16.3 Å². The Kier molecular flexibility index (Phi) is 2.66. The Morgan fingerprint density at radius 1 is 1.50 bits per heavy atom. The number of benzene rings is 1. The summed E-state index contributed by atoms with van der Waals surface area (Å²) in [5.41, 5.74) is 4.74. The molecular formula is C7H5ClN2O3S. The number of rotatable bonds is 1. The summed E-state index contributed by atoms with van der Waals surface area (Å²) in [6.07, 6.45) is 0. The molecule has 0 saturated heterocycles. The second kappa shape index (κ2) is 3.46. The first kappa shape index (κ1) is 10.8. The number of hydrogen-bond acceptors (Lipinski definition) is 4. The predicted octanol–water partition coefficient (Wildman–Crippen LogP) is 1.04. The van der Waals surface area contributed by atoms with Gasteiger partial charge in [0.25, 0.3) is 10.1 Å². The molecule has 0 aromatic heterocycles. The van der Waals surface area contributed by atoms with Crippen LogP contribution in [0.5, 0.6) is 0 Å². The van der Waals surface area contributed by atoms with Crippen LogP contribution in [-0.2, 0) is 10.1 Å². The Labute approximate surface area is 85.5 Å². The number of nitrogens with zero attached hydrogens (tertiary/aromatic N) is 1. The minimum absolute atomic E-state index is 0.0747. The molecule has 0 spiro atoms. The summed E-state index contributed by atoms with van der Waals surface area (Å²) in [5.74, 6) is 0. The average Bonchev–Trinajstić information content (AvgIpc) is 2.06. The van der Waals surface area contributed by atoms with Crippen molar-refractivity contribution in [1.29, 1.82) is 5.26 Å². The van der Waals surface area contributed by atoms with Gasteiger partial charge in [0.05, 0.1) is 16.3 Å². The lowest BCUT2D eigenvalue weighted by molar-refractivity contribution is 0.483. The van der Waals surface area contributed by atoms with E-state index in [0.717, 1.165) is 0 Å². The van der Waals surface area contributed by atoms with E-state index in [1.54, 1.807) is 6.07 Å². The first-order chi connectivity index (χ1) is 6.38. The summed E-state index contributed by atoms with van der Waals surface area (Å²) in [6, 6.07) is 4.04. The smallest absolute Gasteiger partial charge is 0.297 e. The molecule has 1 aromatic rings. The molecule has 74 valence electrons. The van der Waals surface area contributed by atoms with Gasteiger partial charge in [-0.3, -0.25) is 4.55 Å². The molecule has 0 amide bonds. The van der Waals surface area contributed by atoms with Gasteiger partial charge in [0.2, 0.25) is 0 Å². The first-order valence-electron chi connectivity index (χ1n) is 3.33. The number of anilines is 1. The Bertz CT molecular complexity index is 518. The Hall–Kier alpha value is -1.29. The van der Waals surface area contributed by atoms with E-state index in [4.69, 9.17) is 27.1 Å². The van der Waals surface area contributed by atoms with Gasteiger partial charge in [0.1, 0.15) is 11.0 Å². The zero-order valence-electron chi connectivity index (χ0n) is 6.73. The van der Waals surface area contributed by atoms with Crippen molar-refractivity contribution < 1.29 is 13.0 Å². The molecule has 0 fully saturated rings. The van der Waals surface area contributed by atoms with Crippen LogP contribution in [0.1, 0.15) is 5.56 Å². The van der Waals surface area contributed by atoms with Gasteiger partial charge in [-0.05, 0) is 12.1 Å². The molecule has 5 nitrogen and oxygen atoms in total. The minimum Gasteiger partial charge on any atom is -0.398 e. The van der Waals surface area contributed by atoms with Gasteiger partial charge < -0.3 is 5.73 Å². The van der Waals surface area contributed by atoms with Crippen molar-refractivity contribution in [2.75, 3.05) is 5.73 Å². The highest BCUT2D eigenvalue weighted by atomic mass is 35.5. The van der Waals surface area contributed by atoms with Crippen LogP contribution in [0.3, 0.4) is 0 Å². The molecule has 0 aliphatic rings. The number of nitrogen functional groups attached to an aromatic ring is 1. The van der Waals surface area contributed by atoms with Crippen molar-refractivity contribution in [2.24, 2.45) is 0 Å². The van der Waals surface area contributed by atoms with E-state index in [1.165, 1.54) is 12.1 Å². The molecule has 1 rings (SSSR count). The molecule has 7 heteroatoms. The van der Waals surface area contributed by atoms with Gasteiger partial charge in [-0.25, -0.2) is 0 Å². The molecule has 3 N–H and O–H groups in total. The molecule has 0 bridgehead atoms. The fourth-order valence-electron chi connectivity index (χ4n) is 0.957. The quantitative estimate of drug-likeness (QED) is 0.556. The largest absolute Gasteiger partial charge is 0.398 e. The molecule has 0 atom stereocenters. The van der Waals surface area contributed by atoms with Crippen LogP contribution in [0.2, 0.25) is 5.02 Å². The second-order valence-electron chi connectivity index (χ2n) is 2.43. The topological polar surface area (TPSA) is 104 Å². The zero-order chi connectivity index (χ0) is 10.9. The molecule has 0 aliphatic carbocycles. The SMILES string of the molecule is N#Cc1c(Cl)ccc(N)c1S(=O)(=O)O. The van der Waals surface area contributed by atoms with Gasteiger partial charge in [-0.2, -0.15) is 13.7 Å².